The molecule has 1 heterocycles. The maximum absolute atomic E-state index is 14.9. The molecule has 12 amide bonds. The van der Waals surface area contributed by atoms with Gasteiger partial charge in [-0.05, 0) is 137 Å². The average Bonchev–Trinajstić information content (AvgIpc) is 1.74. The summed E-state index contributed by atoms with van der Waals surface area (Å²) < 4.78 is 0. The number of nitrogens with zero attached hydrogens (tertiary/aromatic N) is 4. The lowest BCUT2D eigenvalue weighted by molar-refractivity contribution is -0.143. The molecule has 3 rings (SSSR count). The van der Waals surface area contributed by atoms with Crippen molar-refractivity contribution in [1.29, 1.82) is 0 Å². The van der Waals surface area contributed by atoms with Crippen LogP contribution in [-0.4, -0.2) is 205 Å². The number of phenols is 1. The van der Waals surface area contributed by atoms with Crippen molar-refractivity contribution in [2.24, 2.45) is 84.3 Å². The molecule has 0 radical (unpaired) electrons. The smallest absolute Gasteiger partial charge is 0.245 e. The van der Waals surface area contributed by atoms with Crippen molar-refractivity contribution in [3.8, 4) is 5.75 Å². The number of aromatic hydroxyl groups is 1. The van der Waals surface area contributed by atoms with Crippen molar-refractivity contribution >= 4 is 88.8 Å². The van der Waals surface area contributed by atoms with Gasteiger partial charge in [0.2, 0.25) is 70.9 Å². The summed E-state index contributed by atoms with van der Waals surface area (Å²) in [6, 6.07) is 2.08. The molecule has 2 aromatic carbocycles. The Hall–Kier alpha value is -10.4. The van der Waals surface area contributed by atoms with Gasteiger partial charge in [-0.15, -0.1) is 0 Å². The highest BCUT2D eigenvalue weighted by atomic mass is 16.3. The van der Waals surface area contributed by atoms with E-state index in [2.05, 4.69) is 68.1 Å². The van der Waals surface area contributed by atoms with Gasteiger partial charge in [0, 0.05) is 32.6 Å². The predicted molar refractivity (Wildman–Crippen MR) is 396 cm³/mol. The van der Waals surface area contributed by atoms with Gasteiger partial charge in [-0.3, -0.25) is 72.5 Å². The van der Waals surface area contributed by atoms with Gasteiger partial charge >= 0.3 is 0 Å². The van der Waals surface area contributed by atoms with Gasteiger partial charge in [0.05, 0.1) is 19.1 Å². The second-order valence-electron chi connectivity index (χ2n) is 27.0. The number of nitrogens with two attached hydrogens (primary N) is 9. The highest BCUT2D eigenvalue weighted by Crippen LogP contribution is 2.22. The number of aliphatic imine (C=N–C) groups is 3. The topological polar surface area (TPSA) is 620 Å². The van der Waals surface area contributed by atoms with Crippen molar-refractivity contribution < 1.29 is 62.6 Å². The van der Waals surface area contributed by atoms with Crippen LogP contribution in [0.3, 0.4) is 0 Å². The second kappa shape index (κ2) is 47.1. The van der Waals surface area contributed by atoms with Crippen LogP contribution in [-0.2, 0) is 70.4 Å². The first kappa shape index (κ1) is 88.8. The van der Waals surface area contributed by atoms with Crippen LogP contribution < -0.4 is 105 Å². The van der Waals surface area contributed by atoms with Crippen LogP contribution in [0.1, 0.15) is 143 Å². The molecule has 0 spiro atoms. The van der Waals surface area contributed by atoms with E-state index in [4.69, 9.17) is 51.6 Å². The van der Waals surface area contributed by atoms with Crippen molar-refractivity contribution in [3.05, 3.63) is 65.7 Å². The van der Waals surface area contributed by atoms with Gasteiger partial charge in [-0.2, -0.15) is 0 Å². The van der Waals surface area contributed by atoms with E-state index in [0.717, 1.165) is 0 Å². The lowest BCUT2D eigenvalue weighted by Gasteiger charge is -2.32. The molecule has 11 unspecified atom stereocenters. The van der Waals surface area contributed by atoms with Crippen molar-refractivity contribution in [2.75, 3.05) is 45.8 Å². The Bertz CT molecular complexity index is 3250. The molecule has 1 saturated heterocycles. The Labute approximate surface area is 613 Å². The number of carbonyl (C=O) groups is 12. The first-order valence-corrected chi connectivity index (χ1v) is 35.7. The standard InChI is InChI=1S/C69H115N23O13/c1-7-41(6)56(65(104)88-49(22-15-31-81-69(77)78)66(105)92-32-16-23-53(92)64(103)87-46(19-11-12-28-70)60(99)89-50(57(72)96)33-39(2)3)91-61(100)48(21-14-30-80-68(75)76)85-59(98)47(20-13-29-79-67(73)74)86-62(101)51(34-40(4)5)90-63(102)52(36-42-17-9-8-10-18-42)84-55(95)38-82-54(94)37-83-58(97)45(71)35-43-24-26-44(93)27-25-43/h8-10,17-18,24-27,39-41,45-53,56,93H,7,11-16,19-23,28-38,70-71H2,1-6H3,(H2,72,96)(H,82,94)(H,83,97)(H,84,95)(H,85,98)(H,86,101)(H,87,103)(H,88,104)(H,89,99)(H,90,102)(H,91,100)(H4,73,74,79)(H4,75,76,80)(H4,77,78,81). The van der Waals surface area contributed by atoms with E-state index in [-0.39, 0.29) is 139 Å². The normalized spacial score (nSPS) is 15.4. The lowest BCUT2D eigenvalue weighted by Crippen LogP contribution is -2.61. The first-order chi connectivity index (χ1) is 49.7. The lowest BCUT2D eigenvalue weighted by atomic mass is 9.96. The third kappa shape index (κ3) is 34.2. The molecule has 0 bridgehead atoms. The van der Waals surface area contributed by atoms with Crippen LogP contribution in [0.2, 0.25) is 0 Å². The molecule has 0 saturated carbocycles. The number of likely N-dealkylation sites (tertiary alicyclic amines) is 1. The number of amides is 12. The largest absolute Gasteiger partial charge is 0.508 e. The van der Waals surface area contributed by atoms with E-state index >= 15 is 0 Å². The van der Waals surface area contributed by atoms with E-state index in [1.165, 1.54) is 17.0 Å². The monoisotopic (exact) mass is 1470 g/mol. The zero-order chi connectivity index (χ0) is 78.3. The highest BCUT2D eigenvalue weighted by molar-refractivity contribution is 5.99. The quantitative estimate of drug-likeness (QED) is 0.0169. The van der Waals surface area contributed by atoms with E-state index < -0.39 is 150 Å². The molecule has 29 N–H and O–H groups in total. The summed E-state index contributed by atoms with van der Waals surface area (Å²) in [5.41, 5.74) is 52.5. The molecule has 1 aliphatic heterocycles. The van der Waals surface area contributed by atoms with E-state index in [1.807, 2.05) is 13.8 Å². The Kier molecular flexibility index (Phi) is 39.8. The number of benzene rings is 2. The molecular weight excluding hydrogens is 1360 g/mol. The van der Waals surface area contributed by atoms with Gasteiger partial charge in [-0.25, -0.2) is 0 Å². The van der Waals surface area contributed by atoms with Crippen molar-refractivity contribution in [1.82, 2.24) is 58.1 Å². The van der Waals surface area contributed by atoms with Crippen LogP contribution in [0.4, 0.5) is 0 Å². The maximum Gasteiger partial charge on any atom is 0.245 e. The summed E-state index contributed by atoms with van der Waals surface area (Å²) in [6.45, 7) is 9.98. The average molecular weight is 1470 g/mol. The Morgan fingerprint density at radius 1 is 0.495 bits per heavy atom. The minimum Gasteiger partial charge on any atom is -0.508 e. The number of phenolic OH excluding ortho intramolecular Hbond substituents is 1. The Balaban J connectivity index is 1.95. The van der Waals surface area contributed by atoms with E-state index in [0.29, 0.717) is 43.4 Å². The number of rotatable bonds is 48. The zero-order valence-corrected chi connectivity index (χ0v) is 61.3. The third-order valence-electron chi connectivity index (χ3n) is 17.2. The summed E-state index contributed by atoms with van der Waals surface area (Å²) >= 11 is 0. The molecule has 0 aliphatic carbocycles. The van der Waals surface area contributed by atoms with Gasteiger partial charge in [0.15, 0.2) is 17.9 Å². The summed E-state index contributed by atoms with van der Waals surface area (Å²) in [7, 11) is 0. The van der Waals surface area contributed by atoms with Crippen molar-refractivity contribution in [3.63, 3.8) is 0 Å². The molecule has 1 fully saturated rings. The van der Waals surface area contributed by atoms with Gasteiger partial charge in [-0.1, -0.05) is 90.4 Å². The zero-order valence-electron chi connectivity index (χ0n) is 61.3. The molecule has 0 aromatic heterocycles. The number of unbranched alkanes of at least 4 members (excludes halogenated alkanes) is 1. The minimum atomic E-state index is -1.46. The number of hydrogen-bond donors (Lipinski definition) is 20. The van der Waals surface area contributed by atoms with E-state index in [9.17, 15) is 62.6 Å². The molecule has 36 heteroatoms. The molecule has 105 heavy (non-hydrogen) atoms. The number of hydrogen-bond acceptors (Lipinski definition) is 18. The first-order valence-electron chi connectivity index (χ1n) is 35.7. The summed E-state index contributed by atoms with van der Waals surface area (Å²) in [4.78, 5) is 181. The Morgan fingerprint density at radius 2 is 0.952 bits per heavy atom. The molecule has 584 valence electrons. The minimum absolute atomic E-state index is 0.00815. The number of nitrogens with one attached hydrogen (secondary N) is 10. The fourth-order valence-electron chi connectivity index (χ4n) is 11.4. The fraction of sp³-hybridized carbons (Fsp3) is 0.609. The summed E-state index contributed by atoms with van der Waals surface area (Å²) in [5, 5.41) is 36.3. The second-order valence-corrected chi connectivity index (χ2v) is 27.0. The maximum atomic E-state index is 14.9. The van der Waals surface area contributed by atoms with Gasteiger partial charge in [0.25, 0.3) is 0 Å². The van der Waals surface area contributed by atoms with Crippen LogP contribution in [0.25, 0.3) is 0 Å². The molecular formula is C69H115N23O13. The number of carbonyl (C=O) groups excluding carboxylic acids is 12. The van der Waals surface area contributed by atoms with Crippen LogP contribution in [0.15, 0.2) is 69.6 Å². The molecule has 2 aromatic rings. The number of primary amides is 1. The fourth-order valence-corrected chi connectivity index (χ4v) is 11.4. The van der Waals surface area contributed by atoms with Gasteiger partial charge in [0.1, 0.15) is 60.1 Å². The molecule has 1 aliphatic rings. The SMILES string of the molecule is CCC(C)C(NC(=O)C(CCCN=C(N)N)NC(=O)C(CCCN=C(N)N)NC(=O)C(CC(C)C)NC(=O)C(Cc1ccccc1)NC(=O)CNC(=O)CNC(=O)C(N)Cc1ccc(O)cc1)C(=O)NC(CCCN=C(N)N)C(=O)N1CCCC1C(=O)NC(CCCCN)C(=O)NC(CC(C)C)C(N)=O. The van der Waals surface area contributed by atoms with Crippen LogP contribution >= 0.6 is 0 Å². The molecule has 36 nitrogen and oxygen atoms in total. The van der Waals surface area contributed by atoms with Crippen LogP contribution in [0, 0.1) is 17.8 Å². The summed E-state index contributed by atoms with van der Waals surface area (Å²) in [5.74, 6) is -10.7. The predicted octanol–water partition coefficient (Wildman–Crippen LogP) is -4.48. The third-order valence-corrected chi connectivity index (χ3v) is 17.2. The van der Waals surface area contributed by atoms with Crippen LogP contribution in [0.5, 0.6) is 5.75 Å². The number of guanidine groups is 3. The summed E-state index contributed by atoms with van der Waals surface area (Å²) in [6.07, 6.45) is 2.27. The van der Waals surface area contributed by atoms with Crippen molar-refractivity contribution in [2.45, 2.75) is 205 Å². The van der Waals surface area contributed by atoms with Gasteiger partial charge < -0.3 is 115 Å². The Morgan fingerprint density at radius 3 is 1.48 bits per heavy atom. The van der Waals surface area contributed by atoms with E-state index in [1.54, 1.807) is 70.2 Å². The highest BCUT2D eigenvalue weighted by Gasteiger charge is 2.41. The molecule has 11 atom stereocenters.